The maximum absolute atomic E-state index is 12.8. The first-order chi connectivity index (χ1) is 15.7. The first-order valence-electron chi connectivity index (χ1n) is 10.5. The summed E-state index contributed by atoms with van der Waals surface area (Å²) in [6, 6.07) is 16.1. The van der Waals surface area contributed by atoms with Gasteiger partial charge < -0.3 is 9.73 Å². The summed E-state index contributed by atoms with van der Waals surface area (Å²) in [7, 11) is -7.47. The Morgan fingerprint density at radius 3 is 2.15 bits per heavy atom. The number of sulfonamides is 1. The summed E-state index contributed by atoms with van der Waals surface area (Å²) in [5.41, 5.74) is 0.357. The number of sulfone groups is 1. The number of rotatable bonds is 6. The van der Waals surface area contributed by atoms with Crippen molar-refractivity contribution in [3.8, 4) is 0 Å². The van der Waals surface area contributed by atoms with Gasteiger partial charge in [-0.15, -0.1) is 0 Å². The smallest absolute Gasteiger partial charge is 0.291 e. The Hall–Kier alpha value is -2.95. The van der Waals surface area contributed by atoms with Crippen LogP contribution in [0.4, 0.5) is 5.69 Å². The predicted octanol–water partition coefficient (Wildman–Crippen LogP) is 3.79. The van der Waals surface area contributed by atoms with E-state index in [1.165, 1.54) is 52.8 Å². The molecular formula is C23H24N2O6S2. The minimum absolute atomic E-state index is 0.0614. The zero-order chi connectivity index (χ0) is 23.6. The molecule has 0 radical (unpaired) electrons. The van der Waals surface area contributed by atoms with Gasteiger partial charge in [0, 0.05) is 18.8 Å². The number of nitrogens with one attached hydrogen (secondary N) is 1. The monoisotopic (exact) mass is 488 g/mol. The van der Waals surface area contributed by atoms with Crippen LogP contribution in [0.25, 0.3) is 0 Å². The molecule has 1 N–H and O–H groups in total. The number of furan rings is 1. The zero-order valence-electron chi connectivity index (χ0n) is 18.0. The first kappa shape index (κ1) is 23.2. The molecule has 0 bridgehead atoms. The largest absolute Gasteiger partial charge is 0.439 e. The molecule has 0 aliphatic carbocycles. The van der Waals surface area contributed by atoms with Gasteiger partial charge in [-0.2, -0.15) is 4.31 Å². The van der Waals surface area contributed by atoms with E-state index in [1.807, 2.05) is 0 Å². The van der Waals surface area contributed by atoms with E-state index < -0.39 is 25.8 Å². The van der Waals surface area contributed by atoms with Crippen LogP contribution in [0.5, 0.6) is 0 Å². The number of hydrogen-bond acceptors (Lipinski definition) is 6. The van der Waals surface area contributed by atoms with Crippen LogP contribution in [0.15, 0.2) is 86.0 Å². The van der Waals surface area contributed by atoms with Crippen molar-refractivity contribution in [2.75, 3.05) is 18.4 Å². The third kappa shape index (κ3) is 4.87. The Morgan fingerprint density at radius 2 is 1.52 bits per heavy atom. The average molecular weight is 489 g/mol. The van der Waals surface area contributed by atoms with Gasteiger partial charge in [0.15, 0.2) is 5.76 Å². The van der Waals surface area contributed by atoms with Crippen LogP contribution in [0, 0.1) is 5.92 Å². The van der Waals surface area contributed by atoms with E-state index in [9.17, 15) is 21.6 Å². The molecule has 1 aromatic heterocycles. The molecule has 1 aliphatic heterocycles. The molecule has 33 heavy (non-hydrogen) atoms. The average Bonchev–Trinajstić information content (AvgIpc) is 3.32. The maximum atomic E-state index is 12.8. The lowest BCUT2D eigenvalue weighted by Crippen LogP contribution is -2.37. The molecule has 1 aliphatic rings. The Kier molecular flexibility index (Phi) is 6.42. The molecule has 10 heteroatoms. The lowest BCUT2D eigenvalue weighted by molar-refractivity contribution is 0.0991. The quantitative estimate of drug-likeness (QED) is 0.565. The first-order valence-corrected chi connectivity index (χ1v) is 13.4. The molecule has 1 amide bonds. The van der Waals surface area contributed by atoms with E-state index >= 15 is 0 Å². The summed E-state index contributed by atoms with van der Waals surface area (Å²) in [6.07, 6.45) is 1.66. The number of piperidine rings is 1. The minimum atomic E-state index is -3.88. The molecule has 4 rings (SSSR count). The lowest BCUT2D eigenvalue weighted by Gasteiger charge is -2.29. The van der Waals surface area contributed by atoms with Crippen molar-refractivity contribution >= 4 is 31.5 Å². The van der Waals surface area contributed by atoms with Gasteiger partial charge in [-0.25, -0.2) is 16.8 Å². The Bertz CT molecular complexity index is 1340. The van der Waals surface area contributed by atoms with E-state index in [-0.39, 0.29) is 20.6 Å². The van der Waals surface area contributed by atoms with E-state index in [2.05, 4.69) is 12.2 Å². The van der Waals surface area contributed by atoms with Crippen LogP contribution < -0.4 is 5.32 Å². The van der Waals surface area contributed by atoms with Crippen molar-refractivity contribution < 1.29 is 26.0 Å². The van der Waals surface area contributed by atoms with Gasteiger partial charge in [0.05, 0.1) is 9.79 Å². The third-order valence-corrected chi connectivity index (χ3v) is 9.17. The number of benzene rings is 2. The summed E-state index contributed by atoms with van der Waals surface area (Å²) in [6.45, 7) is 3.10. The van der Waals surface area contributed by atoms with Crippen LogP contribution in [-0.4, -0.2) is 40.1 Å². The molecule has 0 spiro atoms. The van der Waals surface area contributed by atoms with Crippen LogP contribution in [-0.2, 0) is 19.9 Å². The normalized spacial score (nSPS) is 15.9. The standard InChI is InChI=1S/C23H24N2O6S2/c1-17-13-15-25(16-14-17)33(29,30)20-9-7-18(8-10-20)24-23(26)21-11-12-22(31-21)32(27,28)19-5-3-2-4-6-19/h2-12,17H,13-16H2,1H3,(H,24,26). The molecule has 0 unspecified atom stereocenters. The van der Waals surface area contributed by atoms with E-state index in [0.29, 0.717) is 24.7 Å². The predicted molar refractivity (Wildman–Crippen MR) is 122 cm³/mol. The highest BCUT2D eigenvalue weighted by molar-refractivity contribution is 7.91. The van der Waals surface area contributed by atoms with Crippen molar-refractivity contribution in [3.05, 3.63) is 72.5 Å². The highest BCUT2D eigenvalue weighted by Crippen LogP contribution is 2.26. The highest BCUT2D eigenvalue weighted by atomic mass is 32.2. The number of hydrogen-bond donors (Lipinski definition) is 1. The molecule has 1 fully saturated rings. The second-order valence-electron chi connectivity index (χ2n) is 8.00. The van der Waals surface area contributed by atoms with E-state index in [1.54, 1.807) is 18.2 Å². The molecule has 2 heterocycles. The SMILES string of the molecule is CC1CCN(S(=O)(=O)c2ccc(NC(=O)c3ccc(S(=O)(=O)c4ccccc4)o3)cc2)CC1. The second-order valence-corrected chi connectivity index (χ2v) is 11.8. The highest BCUT2D eigenvalue weighted by Gasteiger charge is 2.28. The molecule has 3 aromatic rings. The molecular weight excluding hydrogens is 464 g/mol. The molecule has 1 saturated heterocycles. The molecule has 2 aromatic carbocycles. The fraction of sp³-hybridized carbons (Fsp3) is 0.261. The van der Waals surface area contributed by atoms with Crippen LogP contribution >= 0.6 is 0 Å². The fourth-order valence-corrected chi connectivity index (χ4v) is 6.24. The number of amides is 1. The summed E-state index contributed by atoms with van der Waals surface area (Å²) in [5.74, 6) is -0.312. The van der Waals surface area contributed by atoms with E-state index in [0.717, 1.165) is 12.8 Å². The molecule has 8 nitrogen and oxygen atoms in total. The lowest BCUT2D eigenvalue weighted by atomic mass is 10.0. The van der Waals surface area contributed by atoms with Crippen molar-refractivity contribution in [2.24, 2.45) is 5.92 Å². The number of nitrogens with zero attached hydrogens (tertiary/aromatic N) is 1. The molecule has 0 saturated carbocycles. The summed E-state index contributed by atoms with van der Waals surface area (Å²) < 4.78 is 57.7. The Labute approximate surface area is 193 Å². The summed E-state index contributed by atoms with van der Waals surface area (Å²) >= 11 is 0. The maximum Gasteiger partial charge on any atom is 0.291 e. The fourth-order valence-electron chi connectivity index (χ4n) is 3.58. The van der Waals surface area contributed by atoms with Crippen molar-refractivity contribution in [2.45, 2.75) is 34.6 Å². The van der Waals surface area contributed by atoms with Gasteiger partial charge in [0.25, 0.3) is 5.91 Å². The van der Waals surface area contributed by atoms with Crippen LogP contribution in [0.1, 0.15) is 30.3 Å². The third-order valence-electron chi connectivity index (χ3n) is 5.62. The van der Waals surface area contributed by atoms with Gasteiger partial charge in [-0.3, -0.25) is 4.79 Å². The topological polar surface area (TPSA) is 114 Å². The van der Waals surface area contributed by atoms with Crippen molar-refractivity contribution in [1.29, 1.82) is 0 Å². The number of carbonyl (C=O) groups excluding carboxylic acids is 1. The Morgan fingerprint density at radius 1 is 0.879 bits per heavy atom. The van der Waals surface area contributed by atoms with Crippen molar-refractivity contribution in [1.82, 2.24) is 4.31 Å². The minimum Gasteiger partial charge on any atom is -0.439 e. The van der Waals surface area contributed by atoms with Gasteiger partial charge in [-0.1, -0.05) is 25.1 Å². The van der Waals surface area contributed by atoms with E-state index in [4.69, 9.17) is 4.42 Å². The second kappa shape index (κ2) is 9.12. The molecule has 174 valence electrons. The van der Waals surface area contributed by atoms with Crippen LogP contribution in [0.3, 0.4) is 0 Å². The summed E-state index contributed by atoms with van der Waals surface area (Å²) in [4.78, 5) is 12.7. The summed E-state index contributed by atoms with van der Waals surface area (Å²) in [5, 5.41) is 2.25. The number of carbonyl (C=O) groups is 1. The van der Waals surface area contributed by atoms with Gasteiger partial charge in [0.1, 0.15) is 0 Å². The number of anilines is 1. The Balaban J connectivity index is 1.46. The molecule has 0 atom stereocenters. The van der Waals surface area contributed by atoms with Gasteiger partial charge in [-0.05, 0) is 67.3 Å². The van der Waals surface area contributed by atoms with Crippen LogP contribution in [0.2, 0.25) is 0 Å². The van der Waals surface area contributed by atoms with Gasteiger partial charge in [0.2, 0.25) is 25.0 Å². The van der Waals surface area contributed by atoms with Gasteiger partial charge >= 0.3 is 0 Å². The zero-order valence-corrected chi connectivity index (χ0v) is 19.6. The van der Waals surface area contributed by atoms with Crippen molar-refractivity contribution in [3.63, 3.8) is 0 Å².